The molecule has 27 heavy (non-hydrogen) atoms. The molecule has 0 fully saturated rings. The zero-order chi connectivity index (χ0) is 19.4. The molecule has 1 heterocycles. The normalized spacial score (nSPS) is 12.7. The molecule has 3 rings (SSSR count). The Morgan fingerprint density at radius 3 is 2.67 bits per heavy atom. The van der Waals surface area contributed by atoms with E-state index in [1.54, 1.807) is 30.3 Å². The summed E-state index contributed by atoms with van der Waals surface area (Å²) in [7, 11) is -3.70. The number of hydrogen-bond donors (Lipinski definition) is 1. The van der Waals surface area contributed by atoms with Crippen molar-refractivity contribution < 1.29 is 27.1 Å². The molecular weight excluding hydrogens is 375 g/mol. The SMILES string of the molecule is CS(=O)(=O)N(CC(=O)NCCc1ccccc1F)c1ccc2c(c1)OCO2. The molecule has 2 aromatic rings. The number of nitrogens with zero attached hydrogens (tertiary/aromatic N) is 1. The maximum absolute atomic E-state index is 13.6. The van der Waals surface area contributed by atoms with Crippen molar-refractivity contribution in [2.45, 2.75) is 6.42 Å². The van der Waals surface area contributed by atoms with Crippen LogP contribution in [0.1, 0.15) is 5.56 Å². The Labute approximate surface area is 156 Å². The van der Waals surface area contributed by atoms with Crippen molar-refractivity contribution in [1.82, 2.24) is 5.32 Å². The summed E-state index contributed by atoms with van der Waals surface area (Å²) >= 11 is 0. The molecule has 0 atom stereocenters. The van der Waals surface area contributed by atoms with Gasteiger partial charge in [-0.15, -0.1) is 0 Å². The third kappa shape index (κ3) is 4.68. The van der Waals surface area contributed by atoms with E-state index in [1.165, 1.54) is 12.1 Å². The van der Waals surface area contributed by atoms with Crippen LogP contribution in [0.2, 0.25) is 0 Å². The highest BCUT2D eigenvalue weighted by molar-refractivity contribution is 7.92. The fraction of sp³-hybridized carbons (Fsp3) is 0.278. The topological polar surface area (TPSA) is 84.9 Å². The lowest BCUT2D eigenvalue weighted by atomic mass is 10.1. The first-order valence-electron chi connectivity index (χ1n) is 8.22. The lowest BCUT2D eigenvalue weighted by Gasteiger charge is -2.22. The van der Waals surface area contributed by atoms with Crippen molar-refractivity contribution in [3.8, 4) is 11.5 Å². The molecule has 9 heteroatoms. The number of hydrogen-bond acceptors (Lipinski definition) is 5. The minimum absolute atomic E-state index is 0.0637. The van der Waals surface area contributed by atoms with Crippen LogP contribution in [0.5, 0.6) is 11.5 Å². The standard InChI is InChI=1S/C18H19FN2O5S/c1-27(23,24)21(14-6-7-16-17(10-14)26-12-25-16)11-18(22)20-9-8-13-4-2-3-5-15(13)19/h2-7,10H,8-9,11-12H2,1H3,(H,20,22). The monoisotopic (exact) mass is 394 g/mol. The summed E-state index contributed by atoms with van der Waals surface area (Å²) < 4.78 is 49.3. The predicted molar refractivity (Wildman–Crippen MR) is 97.9 cm³/mol. The second-order valence-electron chi connectivity index (χ2n) is 6.00. The molecule has 7 nitrogen and oxygen atoms in total. The minimum atomic E-state index is -3.70. The van der Waals surface area contributed by atoms with Gasteiger partial charge in [0.05, 0.1) is 11.9 Å². The predicted octanol–water partition coefficient (Wildman–Crippen LogP) is 1.68. The van der Waals surface area contributed by atoms with Crippen LogP contribution < -0.4 is 19.1 Å². The quantitative estimate of drug-likeness (QED) is 0.772. The summed E-state index contributed by atoms with van der Waals surface area (Å²) in [5.74, 6) is 0.0990. The van der Waals surface area contributed by atoms with Crippen LogP contribution >= 0.6 is 0 Å². The molecule has 2 aromatic carbocycles. The molecule has 0 bridgehead atoms. The van der Waals surface area contributed by atoms with Gasteiger partial charge in [0.15, 0.2) is 11.5 Å². The average Bonchev–Trinajstić information content (AvgIpc) is 3.08. The fourth-order valence-electron chi connectivity index (χ4n) is 2.66. The maximum Gasteiger partial charge on any atom is 0.240 e. The molecule has 144 valence electrons. The number of sulfonamides is 1. The van der Waals surface area contributed by atoms with Gasteiger partial charge in [-0.1, -0.05) is 18.2 Å². The van der Waals surface area contributed by atoms with E-state index in [2.05, 4.69) is 5.32 Å². The van der Waals surface area contributed by atoms with Gasteiger partial charge in [0, 0.05) is 12.6 Å². The van der Waals surface area contributed by atoms with E-state index in [0.29, 0.717) is 29.2 Å². The van der Waals surface area contributed by atoms with Crippen LogP contribution in [-0.4, -0.2) is 40.5 Å². The molecule has 0 saturated carbocycles. The van der Waals surface area contributed by atoms with E-state index in [9.17, 15) is 17.6 Å². The number of carbonyl (C=O) groups is 1. The highest BCUT2D eigenvalue weighted by Crippen LogP contribution is 2.35. The first-order valence-corrected chi connectivity index (χ1v) is 10.1. The number of carbonyl (C=O) groups excluding carboxylic acids is 1. The largest absolute Gasteiger partial charge is 0.454 e. The number of benzene rings is 2. The Morgan fingerprint density at radius 2 is 1.93 bits per heavy atom. The molecule has 1 N–H and O–H groups in total. The van der Waals surface area contributed by atoms with Gasteiger partial charge < -0.3 is 14.8 Å². The van der Waals surface area contributed by atoms with E-state index < -0.39 is 22.5 Å². The second kappa shape index (κ2) is 7.83. The van der Waals surface area contributed by atoms with Crippen LogP contribution in [0.25, 0.3) is 0 Å². The fourth-order valence-corrected chi connectivity index (χ4v) is 3.51. The van der Waals surface area contributed by atoms with Crippen molar-refractivity contribution in [3.05, 3.63) is 53.8 Å². The van der Waals surface area contributed by atoms with Gasteiger partial charge in [0.2, 0.25) is 22.7 Å². The Morgan fingerprint density at radius 1 is 1.19 bits per heavy atom. The molecule has 1 aliphatic rings. The number of halogens is 1. The first kappa shape index (κ1) is 19.0. The summed E-state index contributed by atoms with van der Waals surface area (Å²) in [6.45, 7) is -0.136. The van der Waals surface area contributed by atoms with Gasteiger partial charge in [0.1, 0.15) is 12.4 Å². The number of amides is 1. The molecule has 1 aliphatic heterocycles. The number of nitrogens with one attached hydrogen (secondary N) is 1. The molecule has 1 amide bonds. The summed E-state index contributed by atoms with van der Waals surface area (Å²) in [5, 5.41) is 2.62. The second-order valence-corrected chi connectivity index (χ2v) is 7.91. The molecule has 0 unspecified atom stereocenters. The van der Waals surface area contributed by atoms with Crippen molar-refractivity contribution in [2.24, 2.45) is 0 Å². The molecule has 0 aromatic heterocycles. The zero-order valence-electron chi connectivity index (χ0n) is 14.6. The number of anilines is 1. The van der Waals surface area contributed by atoms with Gasteiger partial charge >= 0.3 is 0 Å². The van der Waals surface area contributed by atoms with Crippen molar-refractivity contribution >= 4 is 21.6 Å². The minimum Gasteiger partial charge on any atom is -0.454 e. The van der Waals surface area contributed by atoms with E-state index in [0.717, 1.165) is 10.6 Å². The van der Waals surface area contributed by atoms with Gasteiger partial charge in [-0.2, -0.15) is 0 Å². The summed E-state index contributed by atoms with van der Waals surface area (Å²) in [6.07, 6.45) is 1.32. The third-order valence-corrected chi connectivity index (χ3v) is 5.15. The van der Waals surface area contributed by atoms with Gasteiger partial charge in [0.25, 0.3) is 0 Å². The van der Waals surface area contributed by atoms with Crippen molar-refractivity contribution in [2.75, 3.05) is 30.4 Å². The molecule has 0 saturated heterocycles. The molecular formula is C18H19FN2O5S. The number of fused-ring (bicyclic) bond motifs is 1. The summed E-state index contributed by atoms with van der Waals surface area (Å²) in [5.41, 5.74) is 0.777. The highest BCUT2D eigenvalue weighted by Gasteiger charge is 2.23. The third-order valence-electron chi connectivity index (χ3n) is 4.01. The van der Waals surface area contributed by atoms with Crippen LogP contribution in [-0.2, 0) is 21.2 Å². The lowest BCUT2D eigenvalue weighted by molar-refractivity contribution is -0.119. The molecule has 0 spiro atoms. The average molecular weight is 394 g/mol. The summed E-state index contributed by atoms with van der Waals surface area (Å²) in [6, 6.07) is 10.9. The van der Waals surface area contributed by atoms with Crippen LogP contribution in [0, 0.1) is 5.82 Å². The van der Waals surface area contributed by atoms with Crippen LogP contribution in [0.15, 0.2) is 42.5 Å². The Bertz CT molecular complexity index is 949. The van der Waals surface area contributed by atoms with Crippen LogP contribution in [0.3, 0.4) is 0 Å². The smallest absolute Gasteiger partial charge is 0.240 e. The molecule has 0 radical (unpaired) electrons. The van der Waals surface area contributed by atoms with E-state index >= 15 is 0 Å². The number of ether oxygens (including phenoxy) is 2. The Kier molecular flexibility index (Phi) is 5.50. The maximum atomic E-state index is 13.6. The van der Waals surface area contributed by atoms with Gasteiger partial charge in [-0.05, 0) is 30.2 Å². The zero-order valence-corrected chi connectivity index (χ0v) is 15.5. The summed E-state index contributed by atoms with van der Waals surface area (Å²) in [4.78, 5) is 12.2. The van der Waals surface area contributed by atoms with Crippen molar-refractivity contribution in [1.29, 1.82) is 0 Å². The van der Waals surface area contributed by atoms with E-state index in [1.807, 2.05) is 0 Å². The first-order chi connectivity index (χ1) is 12.8. The lowest BCUT2D eigenvalue weighted by Crippen LogP contribution is -2.41. The van der Waals surface area contributed by atoms with Gasteiger partial charge in [-0.3, -0.25) is 9.10 Å². The Balaban J connectivity index is 1.64. The van der Waals surface area contributed by atoms with Gasteiger partial charge in [-0.25, -0.2) is 12.8 Å². The molecule has 0 aliphatic carbocycles. The van der Waals surface area contributed by atoms with Crippen molar-refractivity contribution in [3.63, 3.8) is 0 Å². The highest BCUT2D eigenvalue weighted by atomic mass is 32.2. The van der Waals surface area contributed by atoms with Crippen LogP contribution in [0.4, 0.5) is 10.1 Å². The van der Waals surface area contributed by atoms with E-state index in [4.69, 9.17) is 9.47 Å². The Hall–Kier alpha value is -2.81. The number of rotatable bonds is 7. The van der Waals surface area contributed by atoms with E-state index in [-0.39, 0.29) is 19.2 Å².